The molecule has 2 unspecified atom stereocenters. The highest BCUT2D eigenvalue weighted by Crippen LogP contribution is 2.30. The number of carbonyl (C=O) groups excluding carboxylic acids is 3. The third-order valence-electron chi connectivity index (χ3n) is 8.02. The second-order valence-corrected chi connectivity index (χ2v) is 11.7. The van der Waals surface area contributed by atoms with Crippen LogP contribution < -0.4 is 20.1 Å². The molecule has 5 rings (SSSR count). The summed E-state index contributed by atoms with van der Waals surface area (Å²) in [5.74, 6) is 0.383. The largest absolute Gasteiger partial charge is 0.495 e. The van der Waals surface area contributed by atoms with Gasteiger partial charge < -0.3 is 34.5 Å². The van der Waals surface area contributed by atoms with Gasteiger partial charge in [0.15, 0.2) is 0 Å². The second-order valence-electron chi connectivity index (χ2n) is 11.3. The van der Waals surface area contributed by atoms with Gasteiger partial charge in [0.2, 0.25) is 5.91 Å². The van der Waals surface area contributed by atoms with Gasteiger partial charge in [-0.05, 0) is 66.4 Å². The van der Waals surface area contributed by atoms with E-state index >= 15 is 0 Å². The molecule has 250 valence electrons. The Kier molecular flexibility index (Phi) is 11.9. The van der Waals surface area contributed by atoms with Crippen molar-refractivity contribution in [3.8, 4) is 11.5 Å². The molecular weight excluding hydrogens is 634 g/mol. The van der Waals surface area contributed by atoms with Crippen LogP contribution in [0.15, 0.2) is 97.1 Å². The normalized spacial score (nSPS) is 15.4. The van der Waals surface area contributed by atoms with Crippen LogP contribution in [0.5, 0.6) is 11.5 Å². The lowest BCUT2D eigenvalue weighted by atomic mass is 10.1. The van der Waals surface area contributed by atoms with Crippen molar-refractivity contribution in [3.63, 3.8) is 0 Å². The van der Waals surface area contributed by atoms with Gasteiger partial charge in [0.05, 0.1) is 67.9 Å². The molecule has 0 radical (unpaired) electrons. The van der Waals surface area contributed by atoms with Gasteiger partial charge in [0, 0.05) is 0 Å². The van der Waals surface area contributed by atoms with Crippen LogP contribution >= 0.6 is 11.6 Å². The van der Waals surface area contributed by atoms with E-state index in [1.165, 1.54) is 14.2 Å². The van der Waals surface area contributed by atoms with E-state index in [9.17, 15) is 14.4 Å². The maximum atomic E-state index is 14.0. The number of urea groups is 1. The van der Waals surface area contributed by atoms with Gasteiger partial charge in [0.1, 0.15) is 18.1 Å². The predicted octanol–water partition coefficient (Wildman–Crippen LogP) is 6.98. The van der Waals surface area contributed by atoms with E-state index in [4.69, 9.17) is 30.5 Å². The van der Waals surface area contributed by atoms with Crippen molar-refractivity contribution in [2.45, 2.75) is 38.0 Å². The molecular formula is C37H38ClN3O7. The number of hydrogen-bond acceptors (Lipinski definition) is 7. The predicted molar refractivity (Wildman–Crippen MR) is 184 cm³/mol. The molecule has 4 aromatic rings. The average molecular weight is 672 g/mol. The van der Waals surface area contributed by atoms with Crippen molar-refractivity contribution in [2.24, 2.45) is 0 Å². The molecule has 0 saturated carbocycles. The standard InChI is InChI=1S/C37H38ClN3O7/c1-45-34-19-26(15-18-33(34)40-37(44)39-32-14-7-6-13-31(32)38)20-35(42)41-28(23-47-22-25-9-4-3-5-10-25)16-17-29(41)24-48-30-12-8-11-27(21-30)36(43)46-2/h3-15,18-19,21,28-29H,16-17,20,22-24H2,1-2H3,(H2,39,40,44). The van der Waals surface area contributed by atoms with E-state index < -0.39 is 12.0 Å². The molecule has 1 saturated heterocycles. The highest BCUT2D eigenvalue weighted by atomic mass is 35.5. The smallest absolute Gasteiger partial charge is 0.337 e. The average Bonchev–Trinajstić information content (AvgIpc) is 3.52. The third kappa shape index (κ3) is 9.05. The van der Waals surface area contributed by atoms with Crippen LogP contribution in [-0.2, 0) is 27.3 Å². The van der Waals surface area contributed by atoms with E-state index in [1.807, 2.05) is 35.2 Å². The number of hydrogen-bond donors (Lipinski definition) is 2. The van der Waals surface area contributed by atoms with Gasteiger partial charge in [-0.3, -0.25) is 4.79 Å². The molecule has 0 spiro atoms. The summed E-state index contributed by atoms with van der Waals surface area (Å²) in [6, 6.07) is 28.0. The summed E-state index contributed by atoms with van der Waals surface area (Å²) in [7, 11) is 2.83. The van der Waals surface area contributed by atoms with Crippen LogP contribution in [0.1, 0.15) is 34.3 Å². The highest BCUT2D eigenvalue weighted by molar-refractivity contribution is 6.33. The van der Waals surface area contributed by atoms with Crippen molar-refractivity contribution in [3.05, 3.63) is 119 Å². The summed E-state index contributed by atoms with van der Waals surface area (Å²) in [5.41, 5.74) is 3.07. The summed E-state index contributed by atoms with van der Waals surface area (Å²) in [6.45, 7) is 1.07. The molecule has 2 N–H and O–H groups in total. The van der Waals surface area contributed by atoms with Gasteiger partial charge in [-0.15, -0.1) is 0 Å². The molecule has 11 heteroatoms. The zero-order valence-electron chi connectivity index (χ0n) is 26.8. The highest BCUT2D eigenvalue weighted by Gasteiger charge is 2.37. The van der Waals surface area contributed by atoms with Crippen LogP contribution in [0.25, 0.3) is 0 Å². The zero-order chi connectivity index (χ0) is 33.9. The molecule has 1 aliphatic heterocycles. The molecule has 0 bridgehead atoms. The first-order valence-electron chi connectivity index (χ1n) is 15.6. The number of methoxy groups -OCH3 is 2. The fourth-order valence-corrected chi connectivity index (χ4v) is 5.84. The molecule has 0 aromatic heterocycles. The van der Waals surface area contributed by atoms with Gasteiger partial charge in [-0.2, -0.15) is 0 Å². The molecule has 48 heavy (non-hydrogen) atoms. The number of halogens is 1. The van der Waals surface area contributed by atoms with Crippen molar-refractivity contribution in [1.29, 1.82) is 0 Å². The summed E-state index contributed by atoms with van der Waals surface area (Å²) >= 11 is 6.17. The van der Waals surface area contributed by atoms with Gasteiger partial charge >= 0.3 is 12.0 Å². The number of anilines is 2. The van der Waals surface area contributed by atoms with Crippen molar-refractivity contribution in [2.75, 3.05) is 38.1 Å². The van der Waals surface area contributed by atoms with Crippen molar-refractivity contribution >= 4 is 40.9 Å². The Hall–Kier alpha value is -5.06. The first-order chi connectivity index (χ1) is 23.3. The van der Waals surface area contributed by atoms with Crippen LogP contribution in [0.2, 0.25) is 5.02 Å². The van der Waals surface area contributed by atoms with Gasteiger partial charge in [-0.25, -0.2) is 9.59 Å². The number of nitrogens with zero attached hydrogens (tertiary/aromatic N) is 1. The van der Waals surface area contributed by atoms with Gasteiger partial charge in [0.25, 0.3) is 0 Å². The number of amides is 3. The molecule has 1 fully saturated rings. The molecule has 2 atom stereocenters. The van der Waals surface area contributed by atoms with Crippen LogP contribution in [-0.4, -0.2) is 62.3 Å². The second kappa shape index (κ2) is 16.7. The topological polar surface area (TPSA) is 115 Å². The first-order valence-corrected chi connectivity index (χ1v) is 16.0. The van der Waals surface area contributed by atoms with E-state index in [-0.39, 0.29) is 31.0 Å². The summed E-state index contributed by atoms with van der Waals surface area (Å²) in [5, 5.41) is 5.91. The fourth-order valence-electron chi connectivity index (χ4n) is 5.66. The number of ether oxygens (including phenoxy) is 4. The Labute approximate surface area is 284 Å². The van der Waals surface area contributed by atoms with Crippen molar-refractivity contribution < 1.29 is 33.3 Å². The molecule has 10 nitrogen and oxygen atoms in total. The minimum absolute atomic E-state index is 0.0862. The molecule has 4 aromatic carbocycles. The molecule has 0 aliphatic carbocycles. The lowest BCUT2D eigenvalue weighted by Gasteiger charge is -2.30. The Morgan fingerprint density at radius 1 is 0.792 bits per heavy atom. The first kappa shape index (κ1) is 34.3. The molecule has 1 heterocycles. The number of esters is 1. The summed E-state index contributed by atoms with van der Waals surface area (Å²) < 4.78 is 22.6. The summed E-state index contributed by atoms with van der Waals surface area (Å²) in [6.07, 6.45) is 1.59. The van der Waals surface area contributed by atoms with Crippen LogP contribution in [0.4, 0.5) is 16.2 Å². The lowest BCUT2D eigenvalue weighted by Crippen LogP contribution is -2.46. The summed E-state index contributed by atoms with van der Waals surface area (Å²) in [4.78, 5) is 40.5. The minimum Gasteiger partial charge on any atom is -0.495 e. The Morgan fingerprint density at radius 3 is 2.27 bits per heavy atom. The Bertz CT molecular complexity index is 1720. The van der Waals surface area contributed by atoms with E-state index in [0.717, 1.165) is 24.0 Å². The number of nitrogens with one attached hydrogen (secondary N) is 2. The SMILES string of the molecule is COC(=O)c1cccc(OCC2CCC(COCc3ccccc3)N2C(=O)Cc2ccc(NC(=O)Nc3ccccc3Cl)c(OC)c2)c1. The lowest BCUT2D eigenvalue weighted by molar-refractivity contribution is -0.135. The number of para-hydroxylation sites is 1. The monoisotopic (exact) mass is 671 g/mol. The number of rotatable bonds is 13. The Morgan fingerprint density at radius 2 is 1.52 bits per heavy atom. The van der Waals surface area contributed by atoms with Gasteiger partial charge in [-0.1, -0.05) is 66.2 Å². The molecule has 1 aliphatic rings. The maximum absolute atomic E-state index is 14.0. The van der Waals surface area contributed by atoms with E-state index in [2.05, 4.69) is 10.6 Å². The third-order valence-corrected chi connectivity index (χ3v) is 8.35. The number of benzene rings is 4. The molecule has 3 amide bonds. The number of likely N-dealkylation sites (tertiary alicyclic amines) is 1. The van der Waals surface area contributed by atoms with Crippen LogP contribution in [0.3, 0.4) is 0 Å². The fraction of sp³-hybridized carbons (Fsp3) is 0.270. The maximum Gasteiger partial charge on any atom is 0.337 e. The minimum atomic E-state index is -0.486. The number of carbonyl (C=O) groups is 3. The van der Waals surface area contributed by atoms with E-state index in [1.54, 1.807) is 66.7 Å². The van der Waals surface area contributed by atoms with Crippen LogP contribution in [0, 0.1) is 0 Å². The van der Waals surface area contributed by atoms with Crippen molar-refractivity contribution in [1.82, 2.24) is 4.90 Å². The Balaban J connectivity index is 1.27. The van der Waals surface area contributed by atoms with E-state index in [0.29, 0.717) is 46.7 Å². The quantitative estimate of drug-likeness (QED) is 0.147. The zero-order valence-corrected chi connectivity index (χ0v) is 27.6.